The van der Waals surface area contributed by atoms with Crippen LogP contribution in [0.2, 0.25) is 0 Å². The molecule has 0 radical (unpaired) electrons. The second-order valence-corrected chi connectivity index (χ2v) is 5.11. The van der Waals surface area contributed by atoms with Crippen molar-refractivity contribution >= 4 is 28.4 Å². The fraction of sp³-hybridized carbons (Fsp3) is 0.385. The van der Waals surface area contributed by atoms with Crippen molar-refractivity contribution in [2.45, 2.75) is 26.7 Å². The molecule has 0 fully saturated rings. The van der Waals surface area contributed by atoms with Crippen molar-refractivity contribution in [3.8, 4) is 11.5 Å². The molecule has 0 aliphatic heterocycles. The van der Waals surface area contributed by atoms with Gasteiger partial charge in [0.05, 0.1) is 9.26 Å². The van der Waals surface area contributed by atoms with Crippen molar-refractivity contribution in [2.75, 3.05) is 11.9 Å². The van der Waals surface area contributed by atoms with Gasteiger partial charge in [-0.2, -0.15) is 0 Å². The molecule has 6 heteroatoms. The van der Waals surface area contributed by atoms with Gasteiger partial charge >= 0.3 is 0 Å². The first-order chi connectivity index (χ1) is 9.26. The third-order valence-electron chi connectivity index (χ3n) is 2.61. The Labute approximate surface area is 126 Å². The van der Waals surface area contributed by atoms with Crippen LogP contribution >= 0.6 is 22.6 Å². The number of hydrogen-bond donors (Lipinski definition) is 1. The highest BCUT2D eigenvalue weighted by Crippen LogP contribution is 2.23. The zero-order valence-corrected chi connectivity index (χ0v) is 13.2. The lowest BCUT2D eigenvalue weighted by Gasteiger charge is -2.11. The first kappa shape index (κ1) is 14.1. The minimum atomic E-state index is 0.651. The van der Waals surface area contributed by atoms with Crippen LogP contribution < -0.4 is 5.32 Å². The summed E-state index contributed by atoms with van der Waals surface area (Å²) in [6.45, 7) is 5.13. The lowest BCUT2D eigenvalue weighted by Crippen LogP contribution is -2.09. The van der Waals surface area contributed by atoms with Gasteiger partial charge in [0, 0.05) is 12.7 Å². The SMILES string of the molecule is CCCNc1nc(-c2ccncn2)nc(CC)c1I. The first-order valence-corrected chi connectivity index (χ1v) is 7.40. The Balaban J connectivity index is 2.45. The lowest BCUT2D eigenvalue weighted by atomic mass is 10.3. The van der Waals surface area contributed by atoms with Crippen LogP contribution in [0.15, 0.2) is 18.6 Å². The van der Waals surface area contributed by atoms with Crippen LogP contribution in [-0.4, -0.2) is 26.5 Å². The summed E-state index contributed by atoms with van der Waals surface area (Å²) in [6.07, 6.45) is 5.15. The smallest absolute Gasteiger partial charge is 0.180 e. The van der Waals surface area contributed by atoms with Crippen molar-refractivity contribution < 1.29 is 0 Å². The molecule has 0 saturated carbocycles. The highest BCUT2D eigenvalue weighted by atomic mass is 127. The molecule has 0 bridgehead atoms. The summed E-state index contributed by atoms with van der Waals surface area (Å²) >= 11 is 2.30. The second-order valence-electron chi connectivity index (χ2n) is 4.03. The predicted molar refractivity (Wildman–Crippen MR) is 83.9 cm³/mol. The molecular weight excluding hydrogens is 353 g/mol. The van der Waals surface area contributed by atoms with E-state index >= 15 is 0 Å². The number of rotatable bonds is 5. The van der Waals surface area contributed by atoms with Crippen LogP contribution in [0.25, 0.3) is 11.5 Å². The summed E-state index contributed by atoms with van der Waals surface area (Å²) in [5, 5.41) is 3.35. The maximum absolute atomic E-state index is 4.58. The Kier molecular flexibility index (Phi) is 5.00. The summed E-state index contributed by atoms with van der Waals surface area (Å²) < 4.78 is 1.09. The maximum Gasteiger partial charge on any atom is 0.180 e. The van der Waals surface area contributed by atoms with Gasteiger partial charge in [-0.1, -0.05) is 13.8 Å². The van der Waals surface area contributed by atoms with Crippen molar-refractivity contribution in [1.29, 1.82) is 0 Å². The lowest BCUT2D eigenvalue weighted by molar-refractivity contribution is 0.939. The molecule has 2 aromatic heterocycles. The van der Waals surface area contributed by atoms with E-state index in [0.29, 0.717) is 5.82 Å². The van der Waals surface area contributed by atoms with Gasteiger partial charge in [0.15, 0.2) is 5.82 Å². The van der Waals surface area contributed by atoms with Crippen molar-refractivity contribution in [3.63, 3.8) is 0 Å². The van der Waals surface area contributed by atoms with Crippen molar-refractivity contribution in [2.24, 2.45) is 0 Å². The van der Waals surface area contributed by atoms with E-state index < -0.39 is 0 Å². The molecule has 0 atom stereocenters. The average Bonchev–Trinajstić information content (AvgIpc) is 2.47. The predicted octanol–water partition coefficient (Wildman–Crippen LogP) is 2.92. The van der Waals surface area contributed by atoms with E-state index in [2.05, 4.69) is 61.7 Å². The van der Waals surface area contributed by atoms with Gasteiger partial charge in [-0.15, -0.1) is 0 Å². The quantitative estimate of drug-likeness (QED) is 0.822. The van der Waals surface area contributed by atoms with Gasteiger partial charge in [-0.25, -0.2) is 19.9 Å². The zero-order valence-electron chi connectivity index (χ0n) is 11.0. The van der Waals surface area contributed by atoms with Crippen LogP contribution in [0.4, 0.5) is 5.82 Å². The topological polar surface area (TPSA) is 63.6 Å². The third kappa shape index (κ3) is 3.37. The third-order valence-corrected chi connectivity index (χ3v) is 3.74. The molecule has 0 aliphatic carbocycles. The van der Waals surface area contributed by atoms with E-state index in [1.165, 1.54) is 6.33 Å². The Morgan fingerprint density at radius 3 is 2.74 bits per heavy atom. The molecule has 2 rings (SSSR count). The maximum atomic E-state index is 4.58. The van der Waals surface area contributed by atoms with Crippen LogP contribution in [0, 0.1) is 3.57 Å². The number of nitrogens with one attached hydrogen (secondary N) is 1. The summed E-state index contributed by atoms with van der Waals surface area (Å²) in [6, 6.07) is 1.82. The fourth-order valence-electron chi connectivity index (χ4n) is 1.63. The minimum Gasteiger partial charge on any atom is -0.369 e. The summed E-state index contributed by atoms with van der Waals surface area (Å²) in [5.41, 5.74) is 1.79. The van der Waals surface area contributed by atoms with Gasteiger partial charge in [0.1, 0.15) is 17.8 Å². The molecule has 0 aliphatic rings. The number of anilines is 1. The van der Waals surface area contributed by atoms with Crippen LogP contribution in [0.5, 0.6) is 0 Å². The summed E-state index contributed by atoms with van der Waals surface area (Å²) in [7, 11) is 0. The molecule has 0 saturated heterocycles. The standard InChI is InChI=1S/C13H16IN5/c1-3-6-16-13-11(14)9(4-2)18-12(19-13)10-5-7-15-8-17-10/h5,7-8H,3-4,6H2,1-2H3,(H,16,18,19). The molecule has 1 N–H and O–H groups in total. The first-order valence-electron chi connectivity index (χ1n) is 6.32. The molecule has 0 unspecified atom stereocenters. The Bertz CT molecular complexity index is 544. The van der Waals surface area contributed by atoms with Crippen LogP contribution in [0.3, 0.4) is 0 Å². The number of hydrogen-bond acceptors (Lipinski definition) is 5. The summed E-state index contributed by atoms with van der Waals surface area (Å²) in [5.74, 6) is 1.54. The van der Waals surface area contributed by atoms with Crippen LogP contribution in [-0.2, 0) is 6.42 Å². The number of aryl methyl sites for hydroxylation is 1. The molecule has 100 valence electrons. The molecule has 0 amide bonds. The minimum absolute atomic E-state index is 0.651. The highest BCUT2D eigenvalue weighted by Gasteiger charge is 2.12. The molecule has 2 aromatic rings. The zero-order chi connectivity index (χ0) is 13.7. The molecule has 0 spiro atoms. The number of aromatic nitrogens is 4. The average molecular weight is 369 g/mol. The normalized spacial score (nSPS) is 10.5. The van der Waals surface area contributed by atoms with Gasteiger partial charge in [0.25, 0.3) is 0 Å². The monoisotopic (exact) mass is 369 g/mol. The van der Waals surface area contributed by atoms with Gasteiger partial charge in [-0.05, 0) is 41.5 Å². The molecule has 5 nitrogen and oxygen atoms in total. The van der Waals surface area contributed by atoms with Gasteiger partial charge in [-0.3, -0.25) is 0 Å². The van der Waals surface area contributed by atoms with Gasteiger partial charge < -0.3 is 5.32 Å². The van der Waals surface area contributed by atoms with Gasteiger partial charge in [0.2, 0.25) is 0 Å². The Hall–Kier alpha value is -1.31. The fourth-order valence-corrected chi connectivity index (χ4v) is 2.44. The number of halogens is 1. The largest absolute Gasteiger partial charge is 0.369 e. The molecular formula is C13H16IN5. The molecule has 19 heavy (non-hydrogen) atoms. The van der Waals surface area contributed by atoms with E-state index in [-0.39, 0.29) is 0 Å². The van der Waals surface area contributed by atoms with E-state index in [1.54, 1.807) is 6.20 Å². The van der Waals surface area contributed by atoms with E-state index in [9.17, 15) is 0 Å². The number of nitrogens with zero attached hydrogens (tertiary/aromatic N) is 4. The van der Waals surface area contributed by atoms with E-state index in [0.717, 1.165) is 40.2 Å². The van der Waals surface area contributed by atoms with E-state index in [1.807, 2.05) is 6.07 Å². The Morgan fingerprint density at radius 1 is 1.26 bits per heavy atom. The molecule has 2 heterocycles. The highest BCUT2D eigenvalue weighted by molar-refractivity contribution is 14.1. The second kappa shape index (κ2) is 6.74. The van der Waals surface area contributed by atoms with E-state index in [4.69, 9.17) is 0 Å². The molecule has 0 aromatic carbocycles. The van der Waals surface area contributed by atoms with Crippen molar-refractivity contribution in [3.05, 3.63) is 27.9 Å². The summed E-state index contributed by atoms with van der Waals surface area (Å²) in [4.78, 5) is 17.3. The Morgan fingerprint density at radius 2 is 2.11 bits per heavy atom. The van der Waals surface area contributed by atoms with Crippen LogP contribution in [0.1, 0.15) is 26.0 Å². The van der Waals surface area contributed by atoms with Crippen molar-refractivity contribution in [1.82, 2.24) is 19.9 Å².